The number of carbonyl (C=O) groups excluding carboxylic acids is 1. The van der Waals surface area contributed by atoms with E-state index in [4.69, 9.17) is 5.11 Å². The number of rotatable bonds is 3. The molecule has 0 spiro atoms. The quantitative estimate of drug-likeness (QED) is 0.740. The molecule has 0 aromatic rings. The number of carboxylic acid groups (broad SMARTS) is 1. The van der Waals surface area contributed by atoms with Crippen LogP contribution >= 0.6 is 12.4 Å². The SMILES string of the molecule is Cl.O=C(NC1CCC2NC(C(=O)O)CC2C1)C1CCCCC1. The zero-order chi connectivity index (χ0) is 14.8. The van der Waals surface area contributed by atoms with Crippen LogP contribution in [0.1, 0.15) is 57.8 Å². The zero-order valence-corrected chi connectivity index (χ0v) is 13.7. The van der Waals surface area contributed by atoms with Gasteiger partial charge in [0.25, 0.3) is 0 Å². The normalized spacial score (nSPS) is 35.3. The van der Waals surface area contributed by atoms with Crippen molar-refractivity contribution in [2.24, 2.45) is 11.8 Å². The molecule has 3 aliphatic rings. The largest absolute Gasteiger partial charge is 0.480 e. The van der Waals surface area contributed by atoms with E-state index in [0.29, 0.717) is 18.4 Å². The van der Waals surface area contributed by atoms with Gasteiger partial charge in [-0.15, -0.1) is 12.4 Å². The van der Waals surface area contributed by atoms with Crippen molar-refractivity contribution in [2.75, 3.05) is 0 Å². The molecule has 2 saturated carbocycles. The molecule has 1 heterocycles. The third-order valence-corrected chi connectivity index (χ3v) is 5.56. The zero-order valence-electron chi connectivity index (χ0n) is 12.9. The lowest BCUT2D eigenvalue weighted by Gasteiger charge is -2.33. The monoisotopic (exact) mass is 330 g/mol. The Kier molecular flexibility index (Phi) is 6.09. The van der Waals surface area contributed by atoms with E-state index in [9.17, 15) is 9.59 Å². The van der Waals surface area contributed by atoms with Gasteiger partial charge in [-0.25, -0.2) is 0 Å². The molecule has 3 fully saturated rings. The molecular weight excluding hydrogens is 304 g/mol. The number of hydrogen-bond acceptors (Lipinski definition) is 3. The number of aliphatic carboxylic acids is 1. The van der Waals surface area contributed by atoms with Crippen molar-refractivity contribution >= 4 is 24.3 Å². The summed E-state index contributed by atoms with van der Waals surface area (Å²) in [5, 5.41) is 15.6. The number of carboxylic acids is 1. The van der Waals surface area contributed by atoms with Crippen LogP contribution in [-0.4, -0.2) is 35.1 Å². The maximum atomic E-state index is 12.3. The molecule has 2 aliphatic carbocycles. The lowest BCUT2D eigenvalue weighted by Crippen LogP contribution is -2.46. The van der Waals surface area contributed by atoms with E-state index in [-0.39, 0.29) is 30.3 Å². The molecule has 3 N–H and O–H groups in total. The van der Waals surface area contributed by atoms with Crippen LogP contribution in [-0.2, 0) is 9.59 Å². The fraction of sp³-hybridized carbons (Fsp3) is 0.875. The first-order chi connectivity index (χ1) is 10.1. The lowest BCUT2D eigenvalue weighted by atomic mass is 9.81. The van der Waals surface area contributed by atoms with Crippen LogP contribution < -0.4 is 10.6 Å². The number of fused-ring (bicyclic) bond motifs is 1. The summed E-state index contributed by atoms with van der Waals surface area (Å²) in [4.78, 5) is 23.4. The van der Waals surface area contributed by atoms with Crippen LogP contribution in [0.4, 0.5) is 0 Å². The van der Waals surface area contributed by atoms with Crippen molar-refractivity contribution in [3.05, 3.63) is 0 Å². The van der Waals surface area contributed by atoms with E-state index in [2.05, 4.69) is 10.6 Å². The van der Waals surface area contributed by atoms with E-state index in [1.54, 1.807) is 0 Å². The molecule has 1 aliphatic heterocycles. The van der Waals surface area contributed by atoms with Crippen molar-refractivity contribution in [1.82, 2.24) is 10.6 Å². The molecule has 1 amide bonds. The highest BCUT2D eigenvalue weighted by Gasteiger charge is 2.41. The minimum absolute atomic E-state index is 0. The molecule has 0 aromatic heterocycles. The maximum absolute atomic E-state index is 12.3. The highest BCUT2D eigenvalue weighted by molar-refractivity contribution is 5.85. The Bertz CT molecular complexity index is 412. The van der Waals surface area contributed by atoms with Crippen molar-refractivity contribution in [3.8, 4) is 0 Å². The average molecular weight is 331 g/mol. The van der Waals surface area contributed by atoms with Gasteiger partial charge >= 0.3 is 5.97 Å². The lowest BCUT2D eigenvalue weighted by molar-refractivity contribution is -0.139. The summed E-state index contributed by atoms with van der Waals surface area (Å²) in [7, 11) is 0. The summed E-state index contributed by atoms with van der Waals surface area (Å²) in [6.07, 6.45) is 9.27. The van der Waals surface area contributed by atoms with Crippen LogP contribution in [0.3, 0.4) is 0 Å². The number of nitrogens with one attached hydrogen (secondary N) is 2. The van der Waals surface area contributed by atoms with Gasteiger partial charge in [-0.3, -0.25) is 9.59 Å². The topological polar surface area (TPSA) is 78.4 Å². The Morgan fingerprint density at radius 2 is 1.73 bits per heavy atom. The van der Waals surface area contributed by atoms with Gasteiger partial charge in [0, 0.05) is 18.0 Å². The minimum atomic E-state index is -0.743. The van der Waals surface area contributed by atoms with Crippen molar-refractivity contribution in [3.63, 3.8) is 0 Å². The first-order valence-electron chi connectivity index (χ1n) is 8.42. The highest BCUT2D eigenvalue weighted by Crippen LogP contribution is 2.34. The van der Waals surface area contributed by atoms with E-state index in [1.165, 1.54) is 19.3 Å². The number of carbonyl (C=O) groups is 2. The Hall–Kier alpha value is -0.810. The van der Waals surface area contributed by atoms with E-state index in [1.807, 2.05) is 0 Å². The van der Waals surface area contributed by atoms with Crippen molar-refractivity contribution in [1.29, 1.82) is 0 Å². The summed E-state index contributed by atoms with van der Waals surface area (Å²) in [6, 6.07) is 0.178. The maximum Gasteiger partial charge on any atom is 0.320 e. The number of hydrogen-bond donors (Lipinski definition) is 3. The van der Waals surface area contributed by atoms with Gasteiger partial charge in [-0.05, 0) is 44.4 Å². The molecule has 0 radical (unpaired) electrons. The Morgan fingerprint density at radius 1 is 1.00 bits per heavy atom. The van der Waals surface area contributed by atoms with Gasteiger partial charge in [-0.1, -0.05) is 19.3 Å². The van der Waals surface area contributed by atoms with Crippen LogP contribution in [0, 0.1) is 11.8 Å². The van der Waals surface area contributed by atoms with Gasteiger partial charge in [0.1, 0.15) is 6.04 Å². The summed E-state index contributed by atoms with van der Waals surface area (Å²) in [5.74, 6) is 0.104. The van der Waals surface area contributed by atoms with Gasteiger partial charge in [-0.2, -0.15) is 0 Å². The summed E-state index contributed by atoms with van der Waals surface area (Å²) < 4.78 is 0. The molecule has 0 bridgehead atoms. The Morgan fingerprint density at radius 3 is 2.41 bits per heavy atom. The molecule has 5 nitrogen and oxygen atoms in total. The second kappa shape index (κ2) is 7.64. The molecule has 1 saturated heterocycles. The minimum Gasteiger partial charge on any atom is -0.480 e. The first kappa shape index (κ1) is 17.5. The molecule has 22 heavy (non-hydrogen) atoms. The van der Waals surface area contributed by atoms with E-state index < -0.39 is 12.0 Å². The molecule has 4 atom stereocenters. The van der Waals surface area contributed by atoms with Gasteiger partial charge in [0.15, 0.2) is 0 Å². The highest BCUT2D eigenvalue weighted by atomic mass is 35.5. The molecular formula is C16H27ClN2O3. The number of halogens is 1. The fourth-order valence-electron chi connectivity index (χ4n) is 4.36. The predicted octanol–water partition coefficient (Wildman–Crippen LogP) is 2.09. The number of amides is 1. The second-order valence-electron chi connectivity index (χ2n) is 7.01. The molecule has 4 unspecified atom stereocenters. The van der Waals surface area contributed by atoms with E-state index in [0.717, 1.165) is 32.1 Å². The Labute approximate surface area is 138 Å². The van der Waals surface area contributed by atoms with Crippen LogP contribution in [0.15, 0.2) is 0 Å². The second-order valence-corrected chi connectivity index (χ2v) is 7.01. The molecule has 126 valence electrons. The third kappa shape index (κ3) is 3.93. The van der Waals surface area contributed by atoms with Crippen LogP contribution in [0.5, 0.6) is 0 Å². The standard InChI is InChI=1S/C16H26N2O3.ClH/c19-15(10-4-2-1-3-5-10)17-12-6-7-13-11(8-12)9-14(18-13)16(20)21;/h10-14,18H,1-9H2,(H,17,19)(H,20,21);1H. The summed E-state index contributed by atoms with van der Waals surface area (Å²) in [5.41, 5.74) is 0. The summed E-state index contributed by atoms with van der Waals surface area (Å²) in [6.45, 7) is 0. The van der Waals surface area contributed by atoms with Crippen molar-refractivity contribution in [2.45, 2.75) is 75.9 Å². The molecule has 6 heteroatoms. The first-order valence-corrected chi connectivity index (χ1v) is 8.42. The average Bonchev–Trinajstić information content (AvgIpc) is 2.91. The predicted molar refractivity (Wildman–Crippen MR) is 86.1 cm³/mol. The molecule has 3 rings (SSSR count). The fourth-order valence-corrected chi connectivity index (χ4v) is 4.36. The molecule has 0 aromatic carbocycles. The van der Waals surface area contributed by atoms with Crippen LogP contribution in [0.25, 0.3) is 0 Å². The van der Waals surface area contributed by atoms with Gasteiger partial charge in [0.2, 0.25) is 5.91 Å². The third-order valence-electron chi connectivity index (χ3n) is 5.56. The van der Waals surface area contributed by atoms with Gasteiger partial charge in [0.05, 0.1) is 0 Å². The summed E-state index contributed by atoms with van der Waals surface area (Å²) >= 11 is 0. The Balaban J connectivity index is 0.00000176. The van der Waals surface area contributed by atoms with Crippen molar-refractivity contribution < 1.29 is 14.7 Å². The van der Waals surface area contributed by atoms with Crippen LogP contribution in [0.2, 0.25) is 0 Å². The van der Waals surface area contributed by atoms with Gasteiger partial charge < -0.3 is 15.7 Å². The smallest absolute Gasteiger partial charge is 0.320 e. The van der Waals surface area contributed by atoms with E-state index >= 15 is 0 Å².